The summed E-state index contributed by atoms with van der Waals surface area (Å²) in [5.74, 6) is 0. The van der Waals surface area contributed by atoms with Crippen molar-refractivity contribution in [2.75, 3.05) is 19.3 Å². The quantitative estimate of drug-likeness (QED) is 0.391. The number of rotatable bonds is 6. The highest BCUT2D eigenvalue weighted by Crippen LogP contribution is 1.72. The monoisotopic (exact) mass is 164 g/mol. The maximum absolute atomic E-state index is 10.4. The van der Waals surface area contributed by atoms with Gasteiger partial charge in [0.2, 0.25) is 6.41 Å². The van der Waals surface area contributed by atoms with E-state index in [1.165, 1.54) is 0 Å². The Morgan fingerprint density at radius 2 is 2.20 bits per heavy atom. The largest absolute Gasteiger partial charge is 0.359 e. The van der Waals surface area contributed by atoms with Crippen molar-refractivity contribution in [2.45, 2.75) is 6.42 Å². The fourth-order valence-electron chi connectivity index (χ4n) is 0.465. The zero-order valence-electron chi connectivity index (χ0n) is 5.92. The molecule has 0 aliphatic carbocycles. The smallest absolute Gasteiger partial charge is 0.207 e. The van der Waals surface area contributed by atoms with Gasteiger partial charge < -0.3 is 5.32 Å². The lowest BCUT2D eigenvalue weighted by Crippen LogP contribution is -2.21. The van der Waals surface area contributed by atoms with E-state index in [9.17, 15) is 9.00 Å². The van der Waals surface area contributed by atoms with Gasteiger partial charge in [-0.15, -0.1) is 0 Å². The molecule has 0 aromatic heterocycles. The van der Waals surface area contributed by atoms with E-state index in [0.717, 1.165) is 6.42 Å². The molecule has 60 valence electrons. The molecular weight excluding hydrogens is 152 g/mol. The Hall–Kier alpha value is -0.420. The summed E-state index contributed by atoms with van der Waals surface area (Å²) in [6, 6.07) is 0. The van der Waals surface area contributed by atoms with Crippen LogP contribution in [0.5, 0.6) is 0 Å². The molecule has 4 nitrogen and oxygen atoms in total. The normalized spacial score (nSPS) is 12.5. The highest BCUT2D eigenvalue weighted by Gasteiger charge is 1.87. The van der Waals surface area contributed by atoms with Crippen LogP contribution >= 0.6 is 0 Å². The first kappa shape index (κ1) is 9.58. The van der Waals surface area contributed by atoms with E-state index in [1.54, 1.807) is 6.26 Å². The molecule has 0 aromatic rings. The van der Waals surface area contributed by atoms with Gasteiger partial charge in [0.15, 0.2) is 0 Å². The van der Waals surface area contributed by atoms with E-state index in [2.05, 4.69) is 10.0 Å². The van der Waals surface area contributed by atoms with Crippen LogP contribution in [0.1, 0.15) is 6.42 Å². The fraction of sp³-hybridized carbons (Fsp3) is 0.800. The Labute approximate surface area is 63.0 Å². The van der Waals surface area contributed by atoms with E-state index >= 15 is 0 Å². The number of amides is 1. The highest BCUT2D eigenvalue weighted by atomic mass is 32.2. The van der Waals surface area contributed by atoms with Crippen LogP contribution in [-0.4, -0.2) is 30.0 Å². The molecule has 10 heavy (non-hydrogen) atoms. The predicted molar refractivity (Wildman–Crippen MR) is 40.8 cm³/mol. The second-order valence-electron chi connectivity index (χ2n) is 1.77. The van der Waals surface area contributed by atoms with Crippen LogP contribution in [0.2, 0.25) is 0 Å². The Morgan fingerprint density at radius 1 is 1.50 bits per heavy atom. The van der Waals surface area contributed by atoms with E-state index in [1.807, 2.05) is 0 Å². The van der Waals surface area contributed by atoms with Crippen molar-refractivity contribution in [1.82, 2.24) is 10.0 Å². The molecule has 0 aliphatic rings. The van der Waals surface area contributed by atoms with Gasteiger partial charge in [0.25, 0.3) is 0 Å². The van der Waals surface area contributed by atoms with Crippen LogP contribution in [0, 0.1) is 0 Å². The summed E-state index contributed by atoms with van der Waals surface area (Å²) >= 11 is 0. The van der Waals surface area contributed by atoms with Crippen molar-refractivity contribution in [2.24, 2.45) is 0 Å². The van der Waals surface area contributed by atoms with Gasteiger partial charge in [-0.05, 0) is 6.42 Å². The van der Waals surface area contributed by atoms with Gasteiger partial charge in [-0.3, -0.25) is 4.79 Å². The van der Waals surface area contributed by atoms with Crippen molar-refractivity contribution in [3.63, 3.8) is 0 Å². The zero-order chi connectivity index (χ0) is 7.82. The molecular formula is C5H12N2O2S. The SMILES string of the molecule is CS(=O)NCCCNC=O. The second-order valence-corrected chi connectivity index (χ2v) is 2.97. The van der Waals surface area contributed by atoms with Gasteiger partial charge in [0.05, 0.1) is 11.0 Å². The molecule has 0 heterocycles. The van der Waals surface area contributed by atoms with E-state index in [-0.39, 0.29) is 0 Å². The topological polar surface area (TPSA) is 58.2 Å². The van der Waals surface area contributed by atoms with Crippen LogP contribution < -0.4 is 10.0 Å². The lowest BCUT2D eigenvalue weighted by molar-refractivity contribution is -0.109. The van der Waals surface area contributed by atoms with Crippen molar-refractivity contribution < 1.29 is 9.00 Å². The maximum Gasteiger partial charge on any atom is 0.207 e. The molecule has 1 amide bonds. The minimum atomic E-state index is -0.937. The molecule has 0 fully saturated rings. The first-order valence-electron chi connectivity index (χ1n) is 3.01. The molecule has 0 saturated carbocycles. The first-order valence-corrected chi connectivity index (χ1v) is 4.57. The van der Waals surface area contributed by atoms with Gasteiger partial charge in [-0.25, -0.2) is 8.93 Å². The van der Waals surface area contributed by atoms with Crippen LogP contribution in [0.3, 0.4) is 0 Å². The fourth-order valence-corrected chi connectivity index (χ4v) is 0.897. The Balaban J connectivity index is 2.90. The number of nitrogens with one attached hydrogen (secondary N) is 2. The third-order valence-corrected chi connectivity index (χ3v) is 1.50. The van der Waals surface area contributed by atoms with Crippen molar-refractivity contribution in [3.8, 4) is 0 Å². The number of carbonyl (C=O) groups excluding carboxylic acids is 1. The molecule has 0 aromatic carbocycles. The Bertz CT molecular complexity index is 118. The molecule has 2 N–H and O–H groups in total. The average Bonchev–Trinajstić information content (AvgIpc) is 1.87. The van der Waals surface area contributed by atoms with Crippen LogP contribution in [0.15, 0.2) is 0 Å². The highest BCUT2D eigenvalue weighted by molar-refractivity contribution is 7.82. The van der Waals surface area contributed by atoms with E-state index < -0.39 is 11.0 Å². The summed E-state index contributed by atoms with van der Waals surface area (Å²) in [5, 5.41) is 2.50. The molecule has 0 saturated heterocycles. The first-order chi connectivity index (χ1) is 4.77. The zero-order valence-corrected chi connectivity index (χ0v) is 6.74. The molecule has 0 aliphatic heterocycles. The third-order valence-electron chi connectivity index (χ3n) is 0.887. The van der Waals surface area contributed by atoms with Gasteiger partial charge in [0, 0.05) is 19.3 Å². The summed E-state index contributed by atoms with van der Waals surface area (Å²) in [4.78, 5) is 9.71. The summed E-state index contributed by atoms with van der Waals surface area (Å²) in [6.07, 6.45) is 3.04. The molecule has 5 heteroatoms. The molecule has 1 unspecified atom stereocenters. The predicted octanol–water partition coefficient (Wildman–Crippen LogP) is -0.994. The average molecular weight is 164 g/mol. The third kappa shape index (κ3) is 7.58. The van der Waals surface area contributed by atoms with Gasteiger partial charge in [-0.1, -0.05) is 0 Å². The number of hydrogen-bond acceptors (Lipinski definition) is 2. The number of hydrogen-bond donors (Lipinski definition) is 2. The lowest BCUT2D eigenvalue weighted by atomic mass is 10.4. The second kappa shape index (κ2) is 6.70. The van der Waals surface area contributed by atoms with Crippen LogP contribution in [0.25, 0.3) is 0 Å². The molecule has 1 atom stereocenters. The molecule has 0 radical (unpaired) electrons. The van der Waals surface area contributed by atoms with Gasteiger partial charge in [-0.2, -0.15) is 0 Å². The molecule has 0 bridgehead atoms. The summed E-state index contributed by atoms with van der Waals surface area (Å²) in [6.45, 7) is 1.30. The standard InChI is InChI=1S/C5H12N2O2S/c1-10(9)7-4-2-3-6-5-8/h5,7H,2-4H2,1H3,(H,6,8). The van der Waals surface area contributed by atoms with Crippen molar-refractivity contribution in [3.05, 3.63) is 0 Å². The maximum atomic E-state index is 10.4. The van der Waals surface area contributed by atoms with Crippen LogP contribution in [0.4, 0.5) is 0 Å². The van der Waals surface area contributed by atoms with Crippen molar-refractivity contribution in [1.29, 1.82) is 0 Å². The van der Waals surface area contributed by atoms with Gasteiger partial charge in [0.1, 0.15) is 0 Å². The summed E-state index contributed by atoms with van der Waals surface area (Å²) in [5.41, 5.74) is 0. The minimum absolute atomic E-state index is 0.633. The van der Waals surface area contributed by atoms with E-state index in [4.69, 9.17) is 0 Å². The molecule has 0 rings (SSSR count). The van der Waals surface area contributed by atoms with E-state index in [0.29, 0.717) is 19.5 Å². The molecule has 0 spiro atoms. The van der Waals surface area contributed by atoms with Crippen LogP contribution in [-0.2, 0) is 15.8 Å². The minimum Gasteiger partial charge on any atom is -0.359 e. The van der Waals surface area contributed by atoms with Gasteiger partial charge >= 0.3 is 0 Å². The van der Waals surface area contributed by atoms with Crippen molar-refractivity contribution >= 4 is 17.4 Å². The number of carbonyl (C=O) groups is 1. The Kier molecular flexibility index (Phi) is 6.42. The summed E-state index contributed by atoms with van der Waals surface area (Å²) < 4.78 is 13.1. The Morgan fingerprint density at radius 3 is 2.70 bits per heavy atom. The summed E-state index contributed by atoms with van der Waals surface area (Å²) in [7, 11) is -0.937. The lowest BCUT2D eigenvalue weighted by Gasteiger charge is -1.98.